The van der Waals surface area contributed by atoms with Crippen LogP contribution >= 0.6 is 8.38 Å². The molecule has 0 unspecified atom stereocenters. The van der Waals surface area contributed by atoms with Gasteiger partial charge < -0.3 is 24.8 Å². The van der Waals surface area contributed by atoms with Crippen molar-refractivity contribution in [1.29, 1.82) is 0 Å². The van der Waals surface area contributed by atoms with Gasteiger partial charge in [0.05, 0.1) is 31.2 Å². The van der Waals surface area contributed by atoms with Gasteiger partial charge in [0.25, 0.3) is 0 Å². The number of hydrogen-bond acceptors (Lipinski definition) is 5. The van der Waals surface area contributed by atoms with Crippen LogP contribution in [0.15, 0.2) is 18.2 Å². The standard InChI is InChI=1S/C15H27N2O3P/c1-4-17-15-12-13(8-9-14(15)16)18-10-7-11-21(19-5-2)20-6-3/h8-9,12,17H,4-7,10-11,16H2,1-3H3. The van der Waals surface area contributed by atoms with Crippen molar-refractivity contribution in [2.75, 3.05) is 43.6 Å². The topological polar surface area (TPSA) is 65.7 Å². The monoisotopic (exact) mass is 314 g/mol. The lowest BCUT2D eigenvalue weighted by Gasteiger charge is -2.16. The van der Waals surface area contributed by atoms with Crippen LogP contribution in [0.25, 0.3) is 0 Å². The van der Waals surface area contributed by atoms with E-state index in [0.29, 0.717) is 19.8 Å². The molecule has 0 saturated carbocycles. The lowest BCUT2D eigenvalue weighted by molar-refractivity contribution is 0.263. The number of nitrogens with two attached hydrogens (primary N) is 1. The summed E-state index contributed by atoms with van der Waals surface area (Å²) in [5, 5.41) is 3.22. The molecule has 6 heteroatoms. The molecule has 0 bridgehead atoms. The van der Waals surface area contributed by atoms with Crippen LogP contribution in [0.2, 0.25) is 0 Å². The Kier molecular flexibility index (Phi) is 9.15. The zero-order chi connectivity index (χ0) is 15.5. The fraction of sp³-hybridized carbons (Fsp3) is 0.600. The number of anilines is 2. The van der Waals surface area contributed by atoms with E-state index < -0.39 is 8.38 Å². The highest BCUT2D eigenvalue weighted by Gasteiger charge is 2.08. The van der Waals surface area contributed by atoms with E-state index in [9.17, 15) is 0 Å². The van der Waals surface area contributed by atoms with Gasteiger partial charge in [-0.3, -0.25) is 0 Å². The molecule has 0 amide bonds. The molecule has 120 valence electrons. The van der Waals surface area contributed by atoms with E-state index in [2.05, 4.69) is 5.32 Å². The number of hydrogen-bond donors (Lipinski definition) is 2. The van der Waals surface area contributed by atoms with Crippen LogP contribution in [0.1, 0.15) is 27.2 Å². The minimum atomic E-state index is -0.771. The van der Waals surface area contributed by atoms with Gasteiger partial charge in [-0.25, -0.2) is 0 Å². The van der Waals surface area contributed by atoms with E-state index >= 15 is 0 Å². The Morgan fingerprint density at radius 1 is 1.14 bits per heavy atom. The second kappa shape index (κ2) is 10.7. The summed E-state index contributed by atoms with van der Waals surface area (Å²) in [4.78, 5) is 0. The lowest BCUT2D eigenvalue weighted by atomic mass is 10.2. The quantitative estimate of drug-likeness (QED) is 0.369. The predicted octanol–water partition coefficient (Wildman–Crippen LogP) is 3.85. The van der Waals surface area contributed by atoms with Crippen LogP contribution in [-0.2, 0) is 9.05 Å². The first kappa shape index (κ1) is 18.0. The molecule has 0 aliphatic carbocycles. The van der Waals surface area contributed by atoms with E-state index in [-0.39, 0.29) is 0 Å². The van der Waals surface area contributed by atoms with Crippen LogP contribution in [0.5, 0.6) is 5.75 Å². The molecule has 0 heterocycles. The number of ether oxygens (including phenoxy) is 1. The first-order valence-corrected chi connectivity index (χ1v) is 8.87. The Balaban J connectivity index is 2.36. The molecule has 21 heavy (non-hydrogen) atoms. The third-order valence-electron chi connectivity index (χ3n) is 2.69. The molecule has 0 aliphatic rings. The highest BCUT2D eigenvalue weighted by atomic mass is 31.2. The van der Waals surface area contributed by atoms with Gasteiger partial charge in [0.15, 0.2) is 8.38 Å². The molecule has 5 nitrogen and oxygen atoms in total. The van der Waals surface area contributed by atoms with Crippen molar-refractivity contribution in [1.82, 2.24) is 0 Å². The van der Waals surface area contributed by atoms with E-state index in [1.807, 2.05) is 39.0 Å². The highest BCUT2D eigenvalue weighted by Crippen LogP contribution is 2.38. The normalized spacial score (nSPS) is 10.9. The second-order valence-electron chi connectivity index (χ2n) is 4.37. The van der Waals surface area contributed by atoms with Gasteiger partial charge in [0.1, 0.15) is 5.75 Å². The third-order valence-corrected chi connectivity index (χ3v) is 4.47. The SMILES string of the molecule is CCNc1cc(OCCCP(OCC)OCC)ccc1N. The zero-order valence-electron chi connectivity index (χ0n) is 13.2. The van der Waals surface area contributed by atoms with Crippen molar-refractivity contribution >= 4 is 19.8 Å². The Hall–Kier alpha value is -1.03. The molecule has 0 aliphatic heterocycles. The number of benzene rings is 1. The Morgan fingerprint density at radius 2 is 1.86 bits per heavy atom. The highest BCUT2D eigenvalue weighted by molar-refractivity contribution is 7.47. The van der Waals surface area contributed by atoms with Gasteiger partial charge in [-0.2, -0.15) is 0 Å². The second-order valence-corrected chi connectivity index (χ2v) is 6.00. The van der Waals surface area contributed by atoms with Crippen molar-refractivity contribution in [3.05, 3.63) is 18.2 Å². The molecule has 0 radical (unpaired) electrons. The number of nitrogens with one attached hydrogen (secondary N) is 1. The minimum Gasteiger partial charge on any atom is -0.494 e. The van der Waals surface area contributed by atoms with E-state index in [0.717, 1.165) is 36.3 Å². The molecule has 1 aromatic carbocycles. The summed E-state index contributed by atoms with van der Waals surface area (Å²) in [6, 6.07) is 5.69. The maximum absolute atomic E-state index is 5.89. The van der Waals surface area contributed by atoms with Gasteiger partial charge in [-0.05, 0) is 39.3 Å². The lowest BCUT2D eigenvalue weighted by Crippen LogP contribution is -2.04. The molecular formula is C15H27N2O3P. The summed E-state index contributed by atoms with van der Waals surface area (Å²) in [6.45, 7) is 8.88. The maximum atomic E-state index is 5.89. The predicted molar refractivity (Wildman–Crippen MR) is 90.2 cm³/mol. The Morgan fingerprint density at radius 3 is 2.48 bits per heavy atom. The van der Waals surface area contributed by atoms with Crippen molar-refractivity contribution in [2.45, 2.75) is 27.2 Å². The maximum Gasteiger partial charge on any atom is 0.170 e. The molecule has 0 atom stereocenters. The molecule has 0 saturated heterocycles. The minimum absolute atomic E-state index is 0.647. The summed E-state index contributed by atoms with van der Waals surface area (Å²) in [6.07, 6.45) is 1.80. The van der Waals surface area contributed by atoms with Gasteiger partial charge in [-0.15, -0.1) is 0 Å². The molecular weight excluding hydrogens is 287 g/mol. The van der Waals surface area contributed by atoms with Crippen molar-refractivity contribution in [3.63, 3.8) is 0 Å². The van der Waals surface area contributed by atoms with Crippen molar-refractivity contribution in [2.24, 2.45) is 0 Å². The van der Waals surface area contributed by atoms with Crippen LogP contribution in [0, 0.1) is 0 Å². The van der Waals surface area contributed by atoms with Crippen LogP contribution in [0.4, 0.5) is 11.4 Å². The van der Waals surface area contributed by atoms with Gasteiger partial charge in [-0.1, -0.05) is 0 Å². The van der Waals surface area contributed by atoms with Crippen molar-refractivity contribution < 1.29 is 13.8 Å². The molecule has 1 rings (SSSR count). The van der Waals surface area contributed by atoms with Gasteiger partial charge in [0, 0.05) is 18.8 Å². The summed E-state index contributed by atoms with van der Waals surface area (Å²) >= 11 is 0. The average Bonchev–Trinajstić information content (AvgIpc) is 2.47. The summed E-state index contributed by atoms with van der Waals surface area (Å²) < 4.78 is 16.9. The summed E-state index contributed by atoms with van der Waals surface area (Å²) in [5.74, 6) is 0.831. The van der Waals surface area contributed by atoms with Gasteiger partial charge in [0.2, 0.25) is 0 Å². The van der Waals surface area contributed by atoms with Crippen molar-refractivity contribution in [3.8, 4) is 5.75 Å². The molecule has 1 aromatic rings. The van der Waals surface area contributed by atoms with Crippen LogP contribution < -0.4 is 15.8 Å². The molecule has 3 N–H and O–H groups in total. The van der Waals surface area contributed by atoms with E-state index in [1.165, 1.54) is 0 Å². The van der Waals surface area contributed by atoms with Gasteiger partial charge >= 0.3 is 0 Å². The largest absolute Gasteiger partial charge is 0.494 e. The third kappa shape index (κ3) is 6.98. The van der Waals surface area contributed by atoms with Crippen LogP contribution in [0.3, 0.4) is 0 Å². The first-order valence-electron chi connectivity index (χ1n) is 7.50. The smallest absolute Gasteiger partial charge is 0.170 e. The molecule has 0 aromatic heterocycles. The zero-order valence-corrected chi connectivity index (χ0v) is 14.1. The molecule has 0 spiro atoms. The summed E-state index contributed by atoms with van der Waals surface area (Å²) in [7, 11) is -0.771. The fourth-order valence-corrected chi connectivity index (χ4v) is 3.10. The number of nitrogen functional groups attached to an aromatic ring is 1. The Bertz CT molecular complexity index is 399. The first-order chi connectivity index (χ1) is 10.2. The summed E-state index contributed by atoms with van der Waals surface area (Å²) in [5.41, 5.74) is 7.54. The van der Waals surface area contributed by atoms with E-state index in [4.69, 9.17) is 19.5 Å². The number of rotatable bonds is 11. The molecule has 0 fully saturated rings. The Labute approximate surface area is 129 Å². The van der Waals surface area contributed by atoms with Crippen LogP contribution in [-0.4, -0.2) is 32.5 Å². The fourth-order valence-electron chi connectivity index (χ4n) is 1.81. The average molecular weight is 314 g/mol. The van der Waals surface area contributed by atoms with E-state index in [1.54, 1.807) is 0 Å².